The highest BCUT2D eigenvalue weighted by atomic mass is 16.6. The van der Waals surface area contributed by atoms with E-state index < -0.39 is 22.2 Å². The van der Waals surface area contributed by atoms with Gasteiger partial charge < -0.3 is 0 Å². The molecule has 3 aliphatic carbocycles. The number of hydrogen-bond donors (Lipinski definition) is 0. The van der Waals surface area contributed by atoms with Gasteiger partial charge in [-0.3, -0.25) is 24.7 Å². The highest BCUT2D eigenvalue weighted by Crippen LogP contribution is 2.64. The van der Waals surface area contributed by atoms with Crippen LogP contribution < -0.4 is 4.90 Å². The SMILES string of the molecule is O=C1[C@@H]2C3c4ccccc4C(C=Nc4cccc([N+](=O)[O-])c4)(c4ccccc43)[C@@H]2C(=O)N1c1cccc2ccccc12. The van der Waals surface area contributed by atoms with Gasteiger partial charge in [0.1, 0.15) is 0 Å². The molecule has 1 fully saturated rings. The molecule has 2 atom stereocenters. The van der Waals surface area contributed by atoms with Crippen molar-refractivity contribution < 1.29 is 14.5 Å². The molecular weight excluding hydrogens is 526 g/mol. The van der Waals surface area contributed by atoms with E-state index in [0.717, 1.165) is 33.0 Å². The lowest BCUT2D eigenvalue weighted by Gasteiger charge is -2.52. The van der Waals surface area contributed by atoms with Crippen LogP contribution in [0.1, 0.15) is 28.2 Å². The van der Waals surface area contributed by atoms with E-state index in [2.05, 4.69) is 0 Å². The number of benzene rings is 5. The molecule has 2 amide bonds. The zero-order valence-electron chi connectivity index (χ0n) is 22.3. The predicted octanol–water partition coefficient (Wildman–Crippen LogP) is 6.70. The van der Waals surface area contributed by atoms with Gasteiger partial charge in [-0.1, -0.05) is 91.0 Å². The monoisotopic (exact) mass is 549 g/mol. The van der Waals surface area contributed by atoms with E-state index in [-0.39, 0.29) is 23.4 Å². The summed E-state index contributed by atoms with van der Waals surface area (Å²) in [5.74, 6) is -2.13. The highest BCUT2D eigenvalue weighted by Gasteiger charge is 2.68. The van der Waals surface area contributed by atoms with E-state index in [4.69, 9.17) is 4.99 Å². The first-order valence-corrected chi connectivity index (χ1v) is 13.8. The zero-order valence-corrected chi connectivity index (χ0v) is 22.3. The van der Waals surface area contributed by atoms with Gasteiger partial charge in [0.25, 0.3) is 5.69 Å². The third-order valence-electron chi connectivity index (χ3n) is 9.15. The van der Waals surface area contributed by atoms with Crippen LogP contribution in [-0.4, -0.2) is 23.0 Å². The van der Waals surface area contributed by atoms with Gasteiger partial charge in [0.2, 0.25) is 11.8 Å². The Hall–Kier alpha value is -5.43. The molecule has 2 bridgehead atoms. The van der Waals surface area contributed by atoms with Crippen molar-refractivity contribution in [3.8, 4) is 0 Å². The summed E-state index contributed by atoms with van der Waals surface area (Å²) in [6.45, 7) is 0. The number of nitrogens with zero attached hydrogens (tertiary/aromatic N) is 3. The van der Waals surface area contributed by atoms with E-state index in [0.29, 0.717) is 11.4 Å². The molecule has 0 aromatic heterocycles. The molecule has 7 nitrogen and oxygen atoms in total. The van der Waals surface area contributed by atoms with Crippen molar-refractivity contribution in [3.63, 3.8) is 0 Å². The maximum Gasteiger partial charge on any atom is 0.271 e. The molecule has 4 aliphatic rings. The number of non-ortho nitro benzene ring substituents is 1. The van der Waals surface area contributed by atoms with E-state index in [1.54, 1.807) is 18.3 Å². The molecular formula is C35H23N3O4. The zero-order chi connectivity index (χ0) is 28.6. The fourth-order valence-electron chi connectivity index (χ4n) is 7.55. The second-order valence-corrected chi connectivity index (χ2v) is 11.1. The number of imide groups is 1. The molecule has 5 aromatic carbocycles. The Morgan fingerprint density at radius 2 is 1.40 bits per heavy atom. The minimum atomic E-state index is -1.05. The summed E-state index contributed by atoms with van der Waals surface area (Å²) in [6, 6.07) is 35.5. The van der Waals surface area contributed by atoms with Crippen molar-refractivity contribution in [3.05, 3.63) is 148 Å². The van der Waals surface area contributed by atoms with Crippen molar-refractivity contribution in [2.24, 2.45) is 16.8 Å². The van der Waals surface area contributed by atoms with Crippen LogP contribution >= 0.6 is 0 Å². The van der Waals surface area contributed by atoms with E-state index in [9.17, 15) is 19.7 Å². The smallest absolute Gasteiger partial charge is 0.271 e. The maximum atomic E-state index is 14.7. The molecule has 42 heavy (non-hydrogen) atoms. The summed E-state index contributed by atoms with van der Waals surface area (Å²) in [4.78, 5) is 46.4. The molecule has 0 spiro atoms. The van der Waals surface area contributed by atoms with E-state index >= 15 is 0 Å². The number of hydrogen-bond acceptors (Lipinski definition) is 5. The van der Waals surface area contributed by atoms with Crippen molar-refractivity contribution >= 4 is 45.9 Å². The second kappa shape index (κ2) is 8.78. The van der Waals surface area contributed by atoms with Crippen molar-refractivity contribution in [2.75, 3.05) is 4.90 Å². The number of anilines is 1. The van der Waals surface area contributed by atoms with Crippen LogP contribution in [0.5, 0.6) is 0 Å². The number of rotatable bonds is 4. The Kier molecular flexibility index (Phi) is 5.10. The average molecular weight is 550 g/mol. The number of carbonyl (C=O) groups is 2. The summed E-state index contributed by atoms with van der Waals surface area (Å²) < 4.78 is 0. The molecule has 0 radical (unpaired) electrons. The molecule has 7 heteroatoms. The number of carbonyl (C=O) groups excluding carboxylic acids is 2. The number of nitro groups is 1. The summed E-state index contributed by atoms with van der Waals surface area (Å²) >= 11 is 0. The van der Waals surface area contributed by atoms with Crippen LogP contribution in [0.2, 0.25) is 0 Å². The minimum absolute atomic E-state index is 0.0672. The Balaban J connectivity index is 1.39. The Bertz CT molecular complexity index is 1960. The summed E-state index contributed by atoms with van der Waals surface area (Å²) in [7, 11) is 0. The molecule has 1 aliphatic heterocycles. The van der Waals surface area contributed by atoms with Gasteiger partial charge in [-0.05, 0) is 39.8 Å². The Morgan fingerprint density at radius 1 is 0.762 bits per heavy atom. The highest BCUT2D eigenvalue weighted by molar-refractivity contribution is 6.27. The lowest BCUT2D eigenvalue weighted by molar-refractivity contribution is -0.384. The lowest BCUT2D eigenvalue weighted by atomic mass is 9.47. The van der Waals surface area contributed by atoms with Gasteiger partial charge in [0, 0.05) is 29.7 Å². The van der Waals surface area contributed by atoms with Crippen molar-refractivity contribution in [2.45, 2.75) is 11.3 Å². The molecule has 202 valence electrons. The predicted molar refractivity (Wildman–Crippen MR) is 160 cm³/mol. The molecule has 0 unspecified atom stereocenters. The molecule has 1 saturated heterocycles. The Labute approximate surface area is 240 Å². The van der Waals surface area contributed by atoms with Crippen LogP contribution in [-0.2, 0) is 15.0 Å². The van der Waals surface area contributed by atoms with Gasteiger partial charge in [0.05, 0.1) is 33.5 Å². The molecule has 5 aromatic rings. The average Bonchev–Trinajstić information content (AvgIpc) is 3.30. The molecule has 0 saturated carbocycles. The molecule has 1 heterocycles. The second-order valence-electron chi connectivity index (χ2n) is 11.1. The summed E-state index contributed by atoms with van der Waals surface area (Å²) in [5, 5.41) is 13.3. The van der Waals surface area contributed by atoms with Crippen LogP contribution in [0.4, 0.5) is 17.1 Å². The van der Waals surface area contributed by atoms with Gasteiger partial charge in [-0.25, -0.2) is 4.90 Å². The minimum Gasteiger partial charge on any atom is -0.274 e. The topological polar surface area (TPSA) is 92.9 Å². The van der Waals surface area contributed by atoms with Gasteiger partial charge in [-0.15, -0.1) is 0 Å². The summed E-state index contributed by atoms with van der Waals surface area (Å²) in [5.41, 5.74) is 3.74. The van der Waals surface area contributed by atoms with Crippen LogP contribution in [0.15, 0.2) is 120 Å². The van der Waals surface area contributed by atoms with Crippen LogP contribution in [0, 0.1) is 22.0 Å². The number of nitro benzene ring substituents is 1. The normalized spacial score (nSPS) is 23.7. The van der Waals surface area contributed by atoms with Crippen LogP contribution in [0.25, 0.3) is 10.8 Å². The lowest BCUT2D eigenvalue weighted by Crippen LogP contribution is -2.54. The summed E-state index contributed by atoms with van der Waals surface area (Å²) in [6.07, 6.45) is 1.76. The van der Waals surface area contributed by atoms with Crippen molar-refractivity contribution in [1.82, 2.24) is 0 Å². The number of aliphatic imine (C=N–C) groups is 1. The van der Waals surface area contributed by atoms with Gasteiger partial charge in [0.15, 0.2) is 0 Å². The van der Waals surface area contributed by atoms with Crippen LogP contribution in [0.3, 0.4) is 0 Å². The maximum absolute atomic E-state index is 14.7. The molecule has 0 N–H and O–H groups in total. The number of fused-ring (bicyclic) bond motifs is 1. The largest absolute Gasteiger partial charge is 0.274 e. The first kappa shape index (κ1) is 24.4. The first-order chi connectivity index (χ1) is 20.5. The fourth-order valence-corrected chi connectivity index (χ4v) is 7.55. The standard InChI is InChI=1S/C35H23N3O4/c39-33-31-30-25-14-3-5-16-27(25)35(28-17-6-4-15-26(28)30,20-36-22-11-8-12-23(19-22)38(41)42)32(31)34(40)37(33)29-18-7-10-21-9-1-2-13-24(21)29/h1-20,30-32H/t30?,31-,32+,35?/m1/s1. The number of amides is 2. The van der Waals surface area contributed by atoms with Gasteiger partial charge >= 0.3 is 0 Å². The third kappa shape index (κ3) is 3.13. The van der Waals surface area contributed by atoms with E-state index in [1.165, 1.54) is 17.0 Å². The van der Waals surface area contributed by atoms with E-state index in [1.807, 2.05) is 91.0 Å². The third-order valence-corrected chi connectivity index (χ3v) is 9.15. The fraction of sp³-hybridized carbons (Fsp3) is 0.114. The van der Waals surface area contributed by atoms with Gasteiger partial charge in [-0.2, -0.15) is 0 Å². The Morgan fingerprint density at radius 3 is 2.14 bits per heavy atom. The first-order valence-electron chi connectivity index (χ1n) is 13.8. The quantitative estimate of drug-likeness (QED) is 0.108. The van der Waals surface area contributed by atoms with Crippen molar-refractivity contribution in [1.29, 1.82) is 0 Å². The molecule has 9 rings (SSSR count).